The standard InChI is InChI=1S/C30H24ClFINO6S/c1-3-38-23-14-17(13-22(33)27(23)40-16-18-9-5-8-12-21(18)32)15-24-26(35)25(30(37)39-4-2)29(41-24)34-28(36)19-10-6-7-11-20(19)31/h5-15,35H,3-4,16H2,1-2H3/b24-15-,34-29?. The van der Waals surface area contributed by atoms with E-state index >= 15 is 0 Å². The first kappa shape index (κ1) is 30.6. The van der Waals surface area contributed by atoms with Crippen molar-refractivity contribution in [3.8, 4) is 11.5 Å². The lowest BCUT2D eigenvalue weighted by molar-refractivity contribution is -0.138. The Labute approximate surface area is 259 Å². The predicted octanol–water partition coefficient (Wildman–Crippen LogP) is 7.76. The monoisotopic (exact) mass is 707 g/mol. The summed E-state index contributed by atoms with van der Waals surface area (Å²) in [7, 11) is 0. The third-order valence-electron chi connectivity index (χ3n) is 5.64. The summed E-state index contributed by atoms with van der Waals surface area (Å²) < 4.78 is 31.6. The van der Waals surface area contributed by atoms with E-state index in [1.54, 1.807) is 61.5 Å². The van der Waals surface area contributed by atoms with Gasteiger partial charge in [-0.2, -0.15) is 0 Å². The zero-order valence-corrected chi connectivity index (χ0v) is 25.7. The van der Waals surface area contributed by atoms with Gasteiger partial charge in [-0.1, -0.05) is 53.7 Å². The number of hydrogen-bond donors (Lipinski definition) is 1. The molecule has 1 N–H and O–H groups in total. The summed E-state index contributed by atoms with van der Waals surface area (Å²) in [6.07, 6.45) is 1.63. The van der Waals surface area contributed by atoms with Gasteiger partial charge in [0.2, 0.25) is 0 Å². The van der Waals surface area contributed by atoms with Crippen molar-refractivity contribution in [3.63, 3.8) is 0 Å². The highest BCUT2D eigenvalue weighted by Gasteiger charge is 2.34. The van der Waals surface area contributed by atoms with Crippen molar-refractivity contribution in [1.29, 1.82) is 0 Å². The van der Waals surface area contributed by atoms with Gasteiger partial charge in [-0.3, -0.25) is 4.79 Å². The maximum absolute atomic E-state index is 14.1. The lowest BCUT2D eigenvalue weighted by Gasteiger charge is -2.15. The highest BCUT2D eigenvalue weighted by Crippen LogP contribution is 2.41. The molecular formula is C30H24ClFINO6S. The van der Waals surface area contributed by atoms with Crippen molar-refractivity contribution in [2.75, 3.05) is 13.2 Å². The average Bonchev–Trinajstić information content (AvgIpc) is 3.23. The molecule has 1 heterocycles. The largest absolute Gasteiger partial charge is 0.506 e. The van der Waals surface area contributed by atoms with Gasteiger partial charge in [0.25, 0.3) is 5.91 Å². The van der Waals surface area contributed by atoms with Crippen molar-refractivity contribution >= 4 is 68.9 Å². The van der Waals surface area contributed by atoms with Crippen LogP contribution in [-0.2, 0) is 16.1 Å². The smallest absolute Gasteiger partial charge is 0.344 e. The van der Waals surface area contributed by atoms with Crippen molar-refractivity contribution in [2.24, 2.45) is 4.99 Å². The molecule has 0 aliphatic carbocycles. The first-order valence-corrected chi connectivity index (χ1v) is 14.7. The van der Waals surface area contributed by atoms with E-state index in [4.69, 9.17) is 25.8 Å². The fourth-order valence-corrected chi connectivity index (χ4v) is 5.78. The maximum atomic E-state index is 14.1. The summed E-state index contributed by atoms with van der Waals surface area (Å²) in [5, 5.41) is 11.2. The Morgan fingerprint density at radius 1 is 1.07 bits per heavy atom. The highest BCUT2D eigenvalue weighted by molar-refractivity contribution is 14.1. The van der Waals surface area contributed by atoms with E-state index in [-0.39, 0.29) is 50.9 Å². The van der Waals surface area contributed by atoms with Gasteiger partial charge >= 0.3 is 5.97 Å². The molecule has 3 aromatic rings. The minimum Gasteiger partial charge on any atom is -0.506 e. The van der Waals surface area contributed by atoms with E-state index in [0.717, 1.165) is 11.8 Å². The molecule has 4 rings (SSSR count). The van der Waals surface area contributed by atoms with E-state index < -0.39 is 11.9 Å². The SMILES string of the molecule is CCOC(=O)C1=C(O)/C(=C/c2cc(I)c(OCc3ccccc3F)c(OCC)c2)SC1=NC(=O)c1ccccc1Cl. The molecule has 0 fully saturated rings. The first-order chi connectivity index (χ1) is 19.7. The summed E-state index contributed by atoms with van der Waals surface area (Å²) in [6.45, 7) is 3.87. The number of aliphatic hydroxyl groups excluding tert-OH is 1. The van der Waals surface area contributed by atoms with Gasteiger partial charge in [0.15, 0.2) is 11.5 Å². The van der Waals surface area contributed by atoms with Crippen LogP contribution in [0.5, 0.6) is 11.5 Å². The number of carbonyl (C=O) groups excluding carboxylic acids is 2. The Hall–Kier alpha value is -3.35. The number of rotatable bonds is 9. The van der Waals surface area contributed by atoms with Gasteiger partial charge in [-0.15, -0.1) is 0 Å². The molecule has 1 aliphatic heterocycles. The second-order valence-electron chi connectivity index (χ2n) is 8.40. The molecule has 0 spiro atoms. The van der Waals surface area contributed by atoms with Crippen LogP contribution in [0.15, 0.2) is 81.9 Å². The van der Waals surface area contributed by atoms with Gasteiger partial charge < -0.3 is 19.3 Å². The van der Waals surface area contributed by atoms with Crippen LogP contribution in [0, 0.1) is 9.39 Å². The normalized spacial score (nSPS) is 15.0. The fraction of sp³-hybridized carbons (Fsp3) is 0.167. The van der Waals surface area contributed by atoms with Gasteiger partial charge in [-0.05, 0) is 78.4 Å². The lowest BCUT2D eigenvalue weighted by atomic mass is 10.1. The number of aliphatic imine (C=N–C) groups is 1. The molecule has 0 atom stereocenters. The van der Waals surface area contributed by atoms with Crippen LogP contribution in [0.4, 0.5) is 4.39 Å². The van der Waals surface area contributed by atoms with Crippen molar-refractivity contribution in [1.82, 2.24) is 0 Å². The number of ether oxygens (including phenoxy) is 3. The predicted molar refractivity (Wildman–Crippen MR) is 166 cm³/mol. The van der Waals surface area contributed by atoms with E-state index in [2.05, 4.69) is 27.6 Å². The van der Waals surface area contributed by atoms with Crippen LogP contribution >= 0.6 is 46.0 Å². The minimum absolute atomic E-state index is 0.00471. The average molecular weight is 708 g/mol. The van der Waals surface area contributed by atoms with Crippen LogP contribution in [-0.4, -0.2) is 35.2 Å². The summed E-state index contributed by atoms with van der Waals surface area (Å²) >= 11 is 9.18. The van der Waals surface area contributed by atoms with Crippen LogP contribution in [0.2, 0.25) is 5.02 Å². The molecule has 212 valence electrons. The molecule has 11 heteroatoms. The van der Waals surface area contributed by atoms with E-state index in [0.29, 0.717) is 32.8 Å². The fourth-order valence-electron chi connectivity index (χ4n) is 3.77. The number of carbonyl (C=O) groups is 2. The van der Waals surface area contributed by atoms with Gasteiger partial charge in [0.1, 0.15) is 28.8 Å². The summed E-state index contributed by atoms with van der Waals surface area (Å²) in [5.74, 6) is -1.36. The van der Waals surface area contributed by atoms with Gasteiger partial charge in [-0.25, -0.2) is 14.2 Å². The van der Waals surface area contributed by atoms with Crippen LogP contribution in [0.25, 0.3) is 6.08 Å². The number of hydrogen-bond acceptors (Lipinski definition) is 7. The molecule has 0 bridgehead atoms. The Morgan fingerprint density at radius 3 is 2.51 bits per heavy atom. The topological polar surface area (TPSA) is 94.4 Å². The molecule has 0 aromatic heterocycles. The number of nitrogens with zero attached hydrogens (tertiary/aromatic N) is 1. The van der Waals surface area contributed by atoms with E-state index in [1.807, 2.05) is 6.92 Å². The zero-order valence-electron chi connectivity index (χ0n) is 21.9. The number of aliphatic hydroxyl groups is 1. The van der Waals surface area contributed by atoms with Crippen molar-refractivity contribution in [3.05, 3.63) is 108 Å². The van der Waals surface area contributed by atoms with Gasteiger partial charge in [0.05, 0.1) is 32.3 Å². The Bertz CT molecular complexity index is 1590. The summed E-state index contributed by atoms with van der Waals surface area (Å²) in [6, 6.07) is 16.2. The number of thioether (sulfide) groups is 1. The lowest BCUT2D eigenvalue weighted by Crippen LogP contribution is -2.14. The first-order valence-electron chi connectivity index (χ1n) is 12.4. The number of benzene rings is 3. The summed E-state index contributed by atoms with van der Waals surface area (Å²) in [5.41, 5.74) is 0.961. The van der Waals surface area contributed by atoms with Crippen molar-refractivity contribution < 1.29 is 33.3 Å². The third-order valence-corrected chi connectivity index (χ3v) is 7.79. The molecule has 41 heavy (non-hydrogen) atoms. The molecule has 0 unspecified atom stereocenters. The molecule has 0 saturated heterocycles. The molecule has 7 nitrogen and oxygen atoms in total. The Morgan fingerprint density at radius 2 is 1.80 bits per heavy atom. The number of esters is 1. The molecule has 0 saturated carbocycles. The molecular weight excluding hydrogens is 684 g/mol. The maximum Gasteiger partial charge on any atom is 0.344 e. The second kappa shape index (κ2) is 14.0. The zero-order chi connectivity index (χ0) is 29.5. The minimum atomic E-state index is -0.812. The van der Waals surface area contributed by atoms with E-state index in [1.165, 1.54) is 12.1 Å². The van der Waals surface area contributed by atoms with Crippen LogP contribution in [0.3, 0.4) is 0 Å². The molecule has 0 radical (unpaired) electrons. The highest BCUT2D eigenvalue weighted by atomic mass is 127. The van der Waals surface area contributed by atoms with Crippen molar-refractivity contribution in [2.45, 2.75) is 20.5 Å². The van der Waals surface area contributed by atoms with E-state index in [9.17, 15) is 19.1 Å². The Balaban J connectivity index is 1.69. The van der Waals surface area contributed by atoms with Gasteiger partial charge in [0, 0.05) is 5.56 Å². The quantitative estimate of drug-likeness (QED) is 0.180. The summed E-state index contributed by atoms with van der Waals surface area (Å²) in [4.78, 5) is 30.0. The molecule has 1 aliphatic rings. The number of amides is 1. The second-order valence-corrected chi connectivity index (χ2v) is 11.0. The Kier molecular flexibility index (Phi) is 10.5. The molecule has 1 amide bonds. The number of halogens is 3. The molecule has 3 aromatic carbocycles. The van der Waals surface area contributed by atoms with Crippen LogP contribution in [0.1, 0.15) is 35.3 Å². The third kappa shape index (κ3) is 7.30. The van der Waals surface area contributed by atoms with Crippen LogP contribution < -0.4 is 9.47 Å².